The molecule has 4 aromatic rings. The van der Waals surface area contributed by atoms with Gasteiger partial charge < -0.3 is 10.4 Å². The van der Waals surface area contributed by atoms with E-state index in [1.807, 2.05) is 37.4 Å². The molecule has 0 atom stereocenters. The molecule has 0 spiro atoms. The van der Waals surface area contributed by atoms with Crippen LogP contribution in [0.15, 0.2) is 36.5 Å². The second kappa shape index (κ2) is 5.04. The zero-order valence-corrected chi connectivity index (χ0v) is 13.7. The van der Waals surface area contributed by atoms with Gasteiger partial charge in [-0.15, -0.1) is 0 Å². The van der Waals surface area contributed by atoms with Crippen LogP contribution in [0, 0.1) is 0 Å². The van der Waals surface area contributed by atoms with Crippen LogP contribution < -0.4 is 5.32 Å². The molecule has 0 aliphatic carbocycles. The largest absolute Gasteiger partial charge is 0.384 e. The van der Waals surface area contributed by atoms with Crippen molar-refractivity contribution in [3.05, 3.63) is 42.2 Å². The van der Waals surface area contributed by atoms with Gasteiger partial charge in [-0.1, -0.05) is 0 Å². The van der Waals surface area contributed by atoms with E-state index in [1.165, 1.54) is 0 Å². The number of pyridine rings is 1. The molecule has 0 aliphatic heterocycles. The Kier molecular flexibility index (Phi) is 3.07. The number of aromatic amines is 1. The molecule has 0 aliphatic rings. The van der Waals surface area contributed by atoms with Crippen LogP contribution in [0.5, 0.6) is 0 Å². The van der Waals surface area contributed by atoms with E-state index in [4.69, 9.17) is 0 Å². The molecule has 24 heavy (non-hydrogen) atoms. The molecule has 3 N–H and O–H groups in total. The Morgan fingerprint density at radius 3 is 2.88 bits per heavy atom. The standard InChI is InChI=1S/C17H18N6O/c1-17(2,24)15-11-7-6-10(9-13(11)23(3)22-15)19-16-14-12(20-21-16)5-4-8-18-14/h4-9,24H,1-3H3,(H2,19,20,21). The highest BCUT2D eigenvalue weighted by Crippen LogP contribution is 2.30. The number of hydrogen-bond acceptors (Lipinski definition) is 5. The summed E-state index contributed by atoms with van der Waals surface area (Å²) in [5, 5.41) is 26.2. The van der Waals surface area contributed by atoms with Crippen LogP contribution in [0.25, 0.3) is 21.9 Å². The predicted octanol–water partition coefficient (Wildman–Crippen LogP) is 2.82. The minimum absolute atomic E-state index is 0.665. The van der Waals surface area contributed by atoms with Gasteiger partial charge in [0.1, 0.15) is 16.8 Å². The fourth-order valence-electron chi connectivity index (χ4n) is 2.86. The van der Waals surface area contributed by atoms with Crippen molar-refractivity contribution in [2.45, 2.75) is 19.4 Å². The highest BCUT2D eigenvalue weighted by atomic mass is 16.3. The first-order valence-electron chi connectivity index (χ1n) is 7.69. The number of nitrogens with one attached hydrogen (secondary N) is 2. The van der Waals surface area contributed by atoms with Crippen molar-refractivity contribution in [2.24, 2.45) is 7.05 Å². The molecule has 0 unspecified atom stereocenters. The van der Waals surface area contributed by atoms with E-state index < -0.39 is 5.60 Å². The van der Waals surface area contributed by atoms with Crippen LogP contribution in [0.3, 0.4) is 0 Å². The van der Waals surface area contributed by atoms with Crippen LogP contribution in [0.4, 0.5) is 11.5 Å². The summed E-state index contributed by atoms with van der Waals surface area (Å²) >= 11 is 0. The number of aliphatic hydroxyl groups is 1. The highest BCUT2D eigenvalue weighted by Gasteiger charge is 2.23. The van der Waals surface area contributed by atoms with Crippen LogP contribution in [0.1, 0.15) is 19.5 Å². The summed E-state index contributed by atoms with van der Waals surface area (Å²) in [7, 11) is 1.87. The Labute approximate surface area is 138 Å². The van der Waals surface area contributed by atoms with E-state index >= 15 is 0 Å². The van der Waals surface area contributed by atoms with Crippen LogP contribution in [-0.2, 0) is 12.6 Å². The minimum atomic E-state index is -0.989. The average Bonchev–Trinajstić information content (AvgIpc) is 3.09. The van der Waals surface area contributed by atoms with Gasteiger partial charge in [0.25, 0.3) is 0 Å². The Morgan fingerprint density at radius 1 is 1.25 bits per heavy atom. The topological polar surface area (TPSA) is 91.6 Å². The summed E-state index contributed by atoms with van der Waals surface area (Å²) in [6, 6.07) is 9.69. The molecule has 0 amide bonds. The molecule has 0 fully saturated rings. The lowest BCUT2D eigenvalue weighted by Gasteiger charge is -2.14. The molecule has 3 heterocycles. The SMILES string of the molecule is Cn1nc(C(C)(C)O)c2ccc(Nc3n[nH]c4cccnc34)cc21. The number of benzene rings is 1. The molecule has 3 aromatic heterocycles. The van der Waals surface area contributed by atoms with Gasteiger partial charge in [-0.2, -0.15) is 10.2 Å². The fraction of sp³-hybridized carbons (Fsp3) is 0.235. The highest BCUT2D eigenvalue weighted by molar-refractivity contribution is 5.90. The normalized spacial score (nSPS) is 12.2. The summed E-state index contributed by atoms with van der Waals surface area (Å²) in [6.45, 7) is 3.48. The lowest BCUT2D eigenvalue weighted by molar-refractivity contribution is 0.0747. The van der Waals surface area contributed by atoms with Gasteiger partial charge >= 0.3 is 0 Å². The van der Waals surface area contributed by atoms with Gasteiger partial charge in [0.2, 0.25) is 0 Å². The Morgan fingerprint density at radius 2 is 2.08 bits per heavy atom. The third-order valence-electron chi connectivity index (χ3n) is 4.01. The Bertz CT molecular complexity index is 1040. The third-order valence-corrected chi connectivity index (χ3v) is 4.01. The smallest absolute Gasteiger partial charge is 0.178 e. The average molecular weight is 322 g/mol. The molecule has 1 aromatic carbocycles. The lowest BCUT2D eigenvalue weighted by Crippen LogP contribution is -2.16. The molecule has 0 saturated carbocycles. The maximum absolute atomic E-state index is 10.3. The van der Waals surface area contributed by atoms with Gasteiger partial charge in [0, 0.05) is 24.3 Å². The van der Waals surface area contributed by atoms with Gasteiger partial charge in [-0.25, -0.2) is 0 Å². The molecule has 7 nitrogen and oxygen atoms in total. The number of aryl methyl sites for hydroxylation is 1. The number of aromatic nitrogens is 5. The number of hydrogen-bond donors (Lipinski definition) is 3. The summed E-state index contributed by atoms with van der Waals surface area (Å²) in [5.41, 5.74) is 3.16. The third kappa shape index (κ3) is 2.30. The Balaban J connectivity index is 1.77. The van der Waals surface area contributed by atoms with E-state index in [9.17, 15) is 5.11 Å². The molecular weight excluding hydrogens is 304 g/mol. The first-order chi connectivity index (χ1) is 11.4. The van der Waals surface area contributed by atoms with Crippen molar-refractivity contribution in [3.63, 3.8) is 0 Å². The summed E-state index contributed by atoms with van der Waals surface area (Å²) in [5.74, 6) is 0.676. The molecule has 0 saturated heterocycles. The predicted molar refractivity (Wildman–Crippen MR) is 93.1 cm³/mol. The van der Waals surface area contributed by atoms with Crippen molar-refractivity contribution in [2.75, 3.05) is 5.32 Å². The minimum Gasteiger partial charge on any atom is -0.384 e. The molecular formula is C17H18N6O. The summed E-state index contributed by atoms with van der Waals surface area (Å²) < 4.78 is 1.77. The van der Waals surface area contributed by atoms with Gasteiger partial charge in [0.15, 0.2) is 5.82 Å². The van der Waals surface area contributed by atoms with Gasteiger partial charge in [0.05, 0.1) is 11.0 Å². The first kappa shape index (κ1) is 14.6. The number of rotatable bonds is 3. The van der Waals surface area contributed by atoms with Crippen LogP contribution >= 0.6 is 0 Å². The monoisotopic (exact) mass is 322 g/mol. The number of nitrogens with zero attached hydrogens (tertiary/aromatic N) is 4. The molecule has 7 heteroatoms. The summed E-state index contributed by atoms with van der Waals surface area (Å²) in [6.07, 6.45) is 1.74. The Hall–Kier alpha value is -2.93. The fourth-order valence-corrected chi connectivity index (χ4v) is 2.86. The van der Waals surface area contributed by atoms with Crippen molar-refractivity contribution in [3.8, 4) is 0 Å². The zero-order valence-electron chi connectivity index (χ0n) is 13.7. The van der Waals surface area contributed by atoms with E-state index in [0.717, 1.165) is 27.6 Å². The van der Waals surface area contributed by atoms with Crippen LogP contribution in [0.2, 0.25) is 0 Å². The quantitative estimate of drug-likeness (QED) is 0.539. The maximum atomic E-state index is 10.3. The molecule has 0 radical (unpaired) electrons. The molecule has 122 valence electrons. The van der Waals surface area contributed by atoms with Gasteiger partial charge in [-0.3, -0.25) is 14.8 Å². The molecule has 4 rings (SSSR count). The van der Waals surface area contributed by atoms with Crippen molar-refractivity contribution < 1.29 is 5.11 Å². The second-order valence-corrected chi connectivity index (χ2v) is 6.36. The zero-order chi connectivity index (χ0) is 16.9. The number of H-pyrrole nitrogens is 1. The van der Waals surface area contributed by atoms with Crippen molar-refractivity contribution in [1.82, 2.24) is 25.0 Å². The van der Waals surface area contributed by atoms with E-state index in [0.29, 0.717) is 11.5 Å². The molecule has 0 bridgehead atoms. The summed E-state index contributed by atoms with van der Waals surface area (Å²) in [4.78, 5) is 4.35. The van der Waals surface area contributed by atoms with Crippen molar-refractivity contribution in [1.29, 1.82) is 0 Å². The van der Waals surface area contributed by atoms with Gasteiger partial charge in [-0.05, 0) is 44.2 Å². The first-order valence-corrected chi connectivity index (χ1v) is 7.69. The van der Waals surface area contributed by atoms with Crippen LogP contribution in [-0.4, -0.2) is 30.1 Å². The number of fused-ring (bicyclic) bond motifs is 2. The maximum Gasteiger partial charge on any atom is 0.178 e. The second-order valence-electron chi connectivity index (χ2n) is 6.36. The lowest BCUT2D eigenvalue weighted by atomic mass is 10.0. The van der Waals surface area contributed by atoms with E-state index in [1.54, 1.807) is 24.7 Å². The van der Waals surface area contributed by atoms with E-state index in [-0.39, 0.29) is 0 Å². The number of anilines is 2. The van der Waals surface area contributed by atoms with Crippen molar-refractivity contribution >= 4 is 33.4 Å². The van der Waals surface area contributed by atoms with E-state index in [2.05, 4.69) is 25.6 Å².